The SMILES string of the molecule is CC(C)[Si](C#C/C(C#Cc1ccc(C2=CC3=CC=CC=CC3C2(C#N)C#N)cc1)=C(/C#Cc1ccc(N(C)C)cc1)C#C[Si](C(C)C)(C(C)C)C(C)C)(C(C)C)C(C)C. The Bertz CT molecular complexity index is 2310. The Labute approximate surface area is 360 Å². The summed E-state index contributed by atoms with van der Waals surface area (Å²) >= 11 is 0. The second-order valence-electron chi connectivity index (χ2n) is 18.1. The Morgan fingerprint density at radius 1 is 0.576 bits per heavy atom. The Morgan fingerprint density at radius 3 is 1.39 bits per heavy atom. The summed E-state index contributed by atoms with van der Waals surface area (Å²) in [6.45, 7) is 28.0. The highest BCUT2D eigenvalue weighted by Gasteiger charge is 2.48. The van der Waals surface area contributed by atoms with E-state index in [2.05, 4.69) is 171 Å². The summed E-state index contributed by atoms with van der Waals surface area (Å²) in [6.07, 6.45) is 11.7. The van der Waals surface area contributed by atoms with E-state index in [0.717, 1.165) is 28.0 Å². The predicted octanol–water partition coefficient (Wildman–Crippen LogP) is 13.0. The van der Waals surface area contributed by atoms with E-state index in [1.807, 2.05) is 74.8 Å². The largest absolute Gasteiger partial charge is 0.378 e. The standard InChI is InChI=1S/C54H63N3Si2/c1-39(2)58(40(3)4,41(5)6)34-32-47(26-20-45-22-28-49(29-23-45)53-36-50-18-16-15-17-19-52(50)54(53,37-55)38-56)48(27-21-46-24-30-51(31-25-46)57(13)14)33-35-59(42(7)8,43(9)10)44(11)12/h15-19,22-25,28-31,36,39-44,52H,1-14H3/b48-47-. The molecule has 0 saturated heterocycles. The molecule has 1 unspecified atom stereocenters. The van der Waals surface area contributed by atoms with Crippen molar-refractivity contribution >= 4 is 27.4 Å². The van der Waals surface area contributed by atoms with Crippen LogP contribution >= 0.6 is 0 Å². The van der Waals surface area contributed by atoms with Gasteiger partial charge in [-0.05, 0) is 86.4 Å². The molecule has 2 aliphatic rings. The smallest absolute Gasteiger partial charge is 0.179 e. The van der Waals surface area contributed by atoms with Crippen LogP contribution in [0.4, 0.5) is 5.69 Å². The van der Waals surface area contributed by atoms with Crippen molar-refractivity contribution < 1.29 is 0 Å². The molecule has 0 aliphatic heterocycles. The molecule has 59 heavy (non-hydrogen) atoms. The molecule has 0 saturated carbocycles. The van der Waals surface area contributed by atoms with Crippen LogP contribution in [-0.2, 0) is 0 Å². The summed E-state index contributed by atoms with van der Waals surface area (Å²) in [5, 5.41) is 20.8. The van der Waals surface area contributed by atoms with E-state index >= 15 is 0 Å². The second-order valence-corrected chi connectivity index (χ2v) is 29.2. The third-order valence-corrected chi connectivity index (χ3v) is 25.3. The fraction of sp³-hybridized carbons (Fsp3) is 0.407. The van der Waals surface area contributed by atoms with E-state index in [0.29, 0.717) is 50.0 Å². The first kappa shape index (κ1) is 46.3. The number of hydrogen-bond donors (Lipinski definition) is 0. The van der Waals surface area contributed by atoms with Crippen molar-refractivity contribution in [1.29, 1.82) is 10.5 Å². The fourth-order valence-corrected chi connectivity index (χ4v) is 20.0. The maximum absolute atomic E-state index is 10.4. The van der Waals surface area contributed by atoms with E-state index in [1.165, 1.54) is 0 Å². The van der Waals surface area contributed by atoms with Gasteiger partial charge in [0.2, 0.25) is 0 Å². The van der Waals surface area contributed by atoms with Crippen molar-refractivity contribution in [2.24, 2.45) is 11.3 Å². The van der Waals surface area contributed by atoms with E-state index in [1.54, 1.807) is 0 Å². The number of nitrogens with zero attached hydrogens (tertiary/aromatic N) is 3. The van der Waals surface area contributed by atoms with Crippen molar-refractivity contribution in [1.82, 2.24) is 0 Å². The minimum Gasteiger partial charge on any atom is -0.378 e. The summed E-state index contributed by atoms with van der Waals surface area (Å²) in [5.74, 6) is 21.0. The molecule has 1 atom stereocenters. The molecule has 0 spiro atoms. The summed E-state index contributed by atoms with van der Waals surface area (Å²) in [7, 11) is -0.212. The number of fused-ring (bicyclic) bond motifs is 1. The molecule has 0 amide bonds. The molecule has 0 radical (unpaired) electrons. The number of nitriles is 2. The summed E-state index contributed by atoms with van der Waals surface area (Å²) in [6, 6.07) is 20.9. The number of rotatable bonds is 8. The molecular formula is C54H63N3Si2. The van der Waals surface area contributed by atoms with Gasteiger partial charge in [-0.15, -0.1) is 11.1 Å². The van der Waals surface area contributed by atoms with Crippen LogP contribution in [0.15, 0.2) is 102 Å². The minimum absolute atomic E-state index is 0.332. The number of benzene rings is 2. The lowest BCUT2D eigenvalue weighted by molar-refractivity contribution is 0.578. The highest BCUT2D eigenvalue weighted by Crippen LogP contribution is 2.52. The summed E-state index contributed by atoms with van der Waals surface area (Å²) in [4.78, 5) is 2.08. The van der Waals surface area contributed by atoms with Crippen molar-refractivity contribution in [2.75, 3.05) is 19.0 Å². The van der Waals surface area contributed by atoms with Gasteiger partial charge in [-0.1, -0.05) is 167 Å². The zero-order valence-corrected chi connectivity index (χ0v) is 40.0. The van der Waals surface area contributed by atoms with Crippen LogP contribution in [0.2, 0.25) is 33.2 Å². The second kappa shape index (κ2) is 19.6. The van der Waals surface area contributed by atoms with Crippen LogP contribution in [-0.4, -0.2) is 30.2 Å². The third-order valence-electron chi connectivity index (χ3n) is 12.8. The van der Waals surface area contributed by atoms with Crippen LogP contribution in [0.5, 0.6) is 0 Å². The molecule has 0 N–H and O–H groups in total. The van der Waals surface area contributed by atoms with Crippen LogP contribution < -0.4 is 4.90 Å². The van der Waals surface area contributed by atoms with Gasteiger partial charge < -0.3 is 4.90 Å². The molecule has 2 aromatic rings. The van der Waals surface area contributed by atoms with Gasteiger partial charge in [-0.25, -0.2) is 0 Å². The molecule has 4 rings (SSSR count). The lowest BCUT2D eigenvalue weighted by atomic mass is 9.73. The van der Waals surface area contributed by atoms with Gasteiger partial charge in [0.25, 0.3) is 0 Å². The lowest BCUT2D eigenvalue weighted by Crippen LogP contribution is -2.43. The topological polar surface area (TPSA) is 50.8 Å². The molecule has 2 aliphatic carbocycles. The minimum atomic E-state index is -2.15. The van der Waals surface area contributed by atoms with Gasteiger partial charge in [0, 0.05) is 36.8 Å². The molecule has 302 valence electrons. The monoisotopic (exact) mass is 809 g/mol. The van der Waals surface area contributed by atoms with Gasteiger partial charge in [-0.2, -0.15) is 10.5 Å². The van der Waals surface area contributed by atoms with Crippen LogP contribution in [0.25, 0.3) is 5.57 Å². The quantitative estimate of drug-likeness (QED) is 0.197. The van der Waals surface area contributed by atoms with Crippen molar-refractivity contribution in [3.05, 3.63) is 118 Å². The summed E-state index contributed by atoms with van der Waals surface area (Å²) in [5.41, 5.74) is 15.9. The Balaban J connectivity index is 2.02. The highest BCUT2D eigenvalue weighted by atomic mass is 28.3. The predicted molar refractivity (Wildman–Crippen MR) is 257 cm³/mol. The first-order valence-electron chi connectivity index (χ1n) is 21.2. The summed E-state index contributed by atoms with van der Waals surface area (Å²) < 4.78 is 0. The van der Waals surface area contributed by atoms with Crippen molar-refractivity contribution in [2.45, 2.75) is 116 Å². The number of anilines is 1. The average Bonchev–Trinajstić information content (AvgIpc) is 3.30. The van der Waals surface area contributed by atoms with Gasteiger partial charge in [0.1, 0.15) is 16.1 Å². The highest BCUT2D eigenvalue weighted by molar-refractivity contribution is 6.91. The molecule has 2 aromatic carbocycles. The first-order chi connectivity index (χ1) is 27.9. The van der Waals surface area contributed by atoms with Crippen molar-refractivity contribution in [3.63, 3.8) is 0 Å². The number of allylic oxidation sites excluding steroid dienone is 10. The first-order valence-corrected chi connectivity index (χ1v) is 25.7. The molecule has 5 heteroatoms. The Morgan fingerprint density at radius 2 is 1.00 bits per heavy atom. The van der Waals surface area contributed by atoms with Gasteiger partial charge in [-0.3, -0.25) is 0 Å². The molecule has 0 bridgehead atoms. The average molecular weight is 810 g/mol. The maximum atomic E-state index is 10.4. The van der Waals surface area contributed by atoms with Crippen molar-refractivity contribution in [3.8, 4) is 58.7 Å². The van der Waals surface area contributed by atoms with E-state index < -0.39 is 21.6 Å². The molecular weight excluding hydrogens is 747 g/mol. The Kier molecular flexibility index (Phi) is 15.3. The molecule has 0 aromatic heterocycles. The normalized spacial score (nSPS) is 15.9. The molecule has 3 nitrogen and oxygen atoms in total. The fourth-order valence-electron chi connectivity index (χ4n) is 9.56. The van der Waals surface area contributed by atoms with Gasteiger partial charge in [0.05, 0.1) is 23.3 Å². The lowest BCUT2D eigenvalue weighted by Gasteiger charge is -2.38. The van der Waals surface area contributed by atoms with Gasteiger partial charge >= 0.3 is 0 Å². The van der Waals surface area contributed by atoms with E-state index in [-0.39, 0.29) is 5.92 Å². The van der Waals surface area contributed by atoms with Crippen LogP contribution in [0.1, 0.15) is 99.8 Å². The van der Waals surface area contributed by atoms with Crippen LogP contribution in [0.3, 0.4) is 0 Å². The van der Waals surface area contributed by atoms with E-state index in [4.69, 9.17) is 0 Å². The molecule has 0 heterocycles. The van der Waals surface area contributed by atoms with Crippen LogP contribution in [0, 0.1) is 80.6 Å². The third kappa shape index (κ3) is 9.57. The number of hydrogen-bond acceptors (Lipinski definition) is 3. The van der Waals surface area contributed by atoms with Gasteiger partial charge in [0.15, 0.2) is 5.41 Å². The maximum Gasteiger partial charge on any atom is 0.179 e. The Hall–Kier alpha value is -5.41. The van der Waals surface area contributed by atoms with E-state index in [9.17, 15) is 10.5 Å². The zero-order chi connectivity index (χ0) is 43.7. The molecule has 0 fully saturated rings. The zero-order valence-electron chi connectivity index (χ0n) is 38.0.